The van der Waals surface area contributed by atoms with Crippen molar-refractivity contribution < 1.29 is 20.6 Å². The molecule has 0 atom stereocenters. The average molecular weight is 530 g/mol. The minimum atomic E-state index is -0.575. The van der Waals surface area contributed by atoms with E-state index in [0.29, 0.717) is 28.1 Å². The Morgan fingerprint density at radius 3 is 2.08 bits per heavy atom. The molecular weight excluding hydrogens is 497 g/mol. The zero-order valence-corrected chi connectivity index (χ0v) is 22.5. The number of rotatable bonds is 4. The predicted molar refractivity (Wildman–Crippen MR) is 159 cm³/mol. The van der Waals surface area contributed by atoms with Crippen LogP contribution in [0.25, 0.3) is 56.1 Å². The first kappa shape index (κ1) is 19.7. The first-order valence-electron chi connectivity index (χ1n) is 15.6. The average Bonchev–Trinajstić information content (AvgIpc) is 3.51. The third-order valence-electron chi connectivity index (χ3n) is 7.68. The summed E-state index contributed by atoms with van der Waals surface area (Å²) in [6.45, 7) is 8.04. The summed E-state index contributed by atoms with van der Waals surface area (Å²) in [6, 6.07) is 18.4. The lowest BCUT2D eigenvalue weighted by Gasteiger charge is -2.32. The van der Waals surface area contributed by atoms with E-state index in [1.54, 1.807) is 0 Å². The van der Waals surface area contributed by atoms with Gasteiger partial charge in [0.25, 0.3) is 0 Å². The van der Waals surface area contributed by atoms with Crippen LogP contribution >= 0.6 is 0 Å². The zero-order valence-electron chi connectivity index (χ0n) is 27.5. The van der Waals surface area contributed by atoms with Gasteiger partial charge in [0.2, 0.25) is 0 Å². The quantitative estimate of drug-likeness (QED) is 0.227. The normalized spacial score (nSPS) is 17.9. The first-order valence-corrected chi connectivity index (χ1v) is 13.1. The van der Waals surface area contributed by atoms with Gasteiger partial charge < -0.3 is 13.7 Å². The van der Waals surface area contributed by atoms with Gasteiger partial charge in [-0.3, -0.25) is 0 Å². The van der Waals surface area contributed by atoms with Crippen molar-refractivity contribution in [1.29, 1.82) is 0 Å². The minimum absolute atomic E-state index is 0.0291. The molecule has 3 heterocycles. The molecule has 1 aliphatic rings. The van der Waals surface area contributed by atoms with Crippen LogP contribution in [0.3, 0.4) is 0 Å². The Kier molecular flexibility index (Phi) is 4.49. The highest BCUT2D eigenvalue weighted by Crippen LogP contribution is 2.39. The molecule has 6 aromatic rings. The third kappa shape index (κ3) is 4.10. The molecule has 1 aliphatic heterocycles. The van der Waals surface area contributed by atoms with Crippen LogP contribution in [-0.2, 0) is 9.31 Å². The smallest absolute Gasteiger partial charge is 0.456 e. The fraction of sp³-hybridized carbons (Fsp3) is 0.182. The summed E-state index contributed by atoms with van der Waals surface area (Å²) < 4.78 is 60.5. The molecule has 0 unspecified atom stereocenters. The van der Waals surface area contributed by atoms with Crippen molar-refractivity contribution in [3.63, 3.8) is 0 Å². The summed E-state index contributed by atoms with van der Waals surface area (Å²) in [5.74, 6) is 0.531. The fourth-order valence-electron chi connectivity index (χ4n) is 4.84. The summed E-state index contributed by atoms with van der Waals surface area (Å²) in [6.07, 6.45) is 0. The summed E-state index contributed by atoms with van der Waals surface area (Å²) in [7, 11) is -0.575. The van der Waals surface area contributed by atoms with E-state index in [4.69, 9.17) is 30.5 Å². The molecule has 0 spiro atoms. The van der Waals surface area contributed by atoms with Crippen LogP contribution < -0.4 is 5.46 Å². The monoisotopic (exact) mass is 530 g/mol. The molecule has 0 saturated carbocycles. The van der Waals surface area contributed by atoms with E-state index in [-0.39, 0.29) is 17.2 Å². The van der Waals surface area contributed by atoms with Gasteiger partial charge in [0.15, 0.2) is 17.5 Å². The van der Waals surface area contributed by atoms with Gasteiger partial charge in [-0.05, 0) is 45.3 Å². The van der Waals surface area contributed by atoms with E-state index in [2.05, 4.69) is 4.98 Å². The number of hydrogen-bond donors (Lipinski definition) is 0. The first-order chi connectivity index (χ1) is 21.4. The van der Waals surface area contributed by atoms with Crippen molar-refractivity contribution in [3.05, 3.63) is 96.9 Å². The molecule has 1 saturated heterocycles. The fourth-order valence-corrected chi connectivity index (χ4v) is 4.84. The maximum atomic E-state index is 8.59. The van der Waals surface area contributed by atoms with Gasteiger partial charge >= 0.3 is 7.12 Å². The highest BCUT2D eigenvalue weighted by molar-refractivity contribution is 6.62. The molecule has 0 bridgehead atoms. The number of nitrogens with zero attached hydrogens (tertiary/aromatic N) is 3. The van der Waals surface area contributed by atoms with Gasteiger partial charge in [-0.2, -0.15) is 0 Å². The van der Waals surface area contributed by atoms with E-state index in [9.17, 15) is 0 Å². The van der Waals surface area contributed by atoms with Crippen LogP contribution in [0, 0.1) is 0 Å². The standard InChI is InChI=1S/C33H28BN3O3/c1-32(2)33(3,4)40-34(39-32)23-18-19-26-25(20-23)28-24(16-11-17-27(28)38-26)31-36-29(21-12-7-5-8-13-21)35-30(37-31)22-14-9-6-10-15-22/h5-20H,1-4H3/i5D,7D,8D,12D,13D. The van der Waals surface area contributed by atoms with Crippen LogP contribution in [0.5, 0.6) is 0 Å². The van der Waals surface area contributed by atoms with Crippen LogP contribution in [0.2, 0.25) is 0 Å². The summed E-state index contributed by atoms with van der Waals surface area (Å²) in [5, 5.41) is 1.56. The Balaban J connectivity index is 1.47. The largest absolute Gasteiger partial charge is 0.494 e. The number of furan rings is 1. The van der Waals surface area contributed by atoms with E-state index in [0.717, 1.165) is 16.2 Å². The summed E-state index contributed by atoms with van der Waals surface area (Å²) in [4.78, 5) is 14.2. The van der Waals surface area contributed by atoms with Crippen LogP contribution in [-0.4, -0.2) is 33.3 Å². The molecular formula is C33H28BN3O3. The Morgan fingerprint density at radius 2 is 1.35 bits per heavy atom. The van der Waals surface area contributed by atoms with Gasteiger partial charge in [-0.25, -0.2) is 15.0 Å². The molecule has 0 radical (unpaired) electrons. The molecule has 40 heavy (non-hydrogen) atoms. The van der Waals surface area contributed by atoms with Gasteiger partial charge in [0.1, 0.15) is 11.2 Å². The summed E-state index contributed by atoms with van der Waals surface area (Å²) >= 11 is 0. The lowest BCUT2D eigenvalue weighted by atomic mass is 9.78. The van der Waals surface area contributed by atoms with E-state index >= 15 is 0 Å². The SMILES string of the molecule is [2H]c1c([2H])c([2H])c(-c2nc(-c3ccccc3)nc(-c3cccc4oc5ccc(B6OC(C)(C)C(C)(C)O6)cc5c34)n2)c([2H])c1[2H]. The molecule has 4 aromatic carbocycles. The molecule has 1 fully saturated rings. The van der Waals surface area contributed by atoms with E-state index < -0.39 is 48.5 Å². The van der Waals surface area contributed by atoms with E-state index in [1.807, 2.05) is 94.4 Å². The van der Waals surface area contributed by atoms with Crippen LogP contribution in [0.1, 0.15) is 34.5 Å². The highest BCUT2D eigenvalue weighted by Gasteiger charge is 2.51. The number of benzene rings is 4. The van der Waals surface area contributed by atoms with Crippen LogP contribution in [0.4, 0.5) is 0 Å². The lowest BCUT2D eigenvalue weighted by molar-refractivity contribution is 0.00578. The second-order valence-electron chi connectivity index (χ2n) is 10.8. The van der Waals surface area contributed by atoms with Crippen molar-refractivity contribution in [2.24, 2.45) is 0 Å². The summed E-state index contributed by atoms with van der Waals surface area (Å²) in [5.41, 5.74) is 2.30. The van der Waals surface area contributed by atoms with Gasteiger partial charge in [-0.15, -0.1) is 0 Å². The number of aromatic nitrogens is 3. The Morgan fingerprint density at radius 1 is 0.675 bits per heavy atom. The van der Waals surface area contributed by atoms with Gasteiger partial charge in [-0.1, -0.05) is 84.8 Å². The molecule has 7 rings (SSSR count). The molecule has 7 heteroatoms. The molecule has 0 amide bonds. The number of fused-ring (bicyclic) bond motifs is 3. The maximum Gasteiger partial charge on any atom is 0.494 e. The maximum absolute atomic E-state index is 8.59. The van der Waals surface area contributed by atoms with Crippen molar-refractivity contribution in [2.75, 3.05) is 0 Å². The Bertz CT molecular complexity index is 2110. The van der Waals surface area contributed by atoms with Crippen molar-refractivity contribution >= 4 is 34.5 Å². The highest BCUT2D eigenvalue weighted by atomic mass is 16.7. The van der Waals surface area contributed by atoms with Crippen molar-refractivity contribution in [1.82, 2.24) is 15.0 Å². The van der Waals surface area contributed by atoms with Gasteiger partial charge in [0.05, 0.1) is 18.1 Å². The molecule has 0 aliphatic carbocycles. The minimum Gasteiger partial charge on any atom is -0.456 e. The predicted octanol–water partition coefficient (Wildman–Crippen LogP) is 7.07. The Hall–Kier alpha value is -4.33. The second-order valence-corrected chi connectivity index (χ2v) is 10.8. The Labute approximate surface area is 240 Å². The van der Waals surface area contributed by atoms with Crippen molar-refractivity contribution in [3.8, 4) is 34.2 Å². The topological polar surface area (TPSA) is 70.3 Å². The molecule has 2 aromatic heterocycles. The zero-order chi connectivity index (χ0) is 31.8. The third-order valence-corrected chi connectivity index (χ3v) is 7.68. The number of hydrogen-bond acceptors (Lipinski definition) is 6. The van der Waals surface area contributed by atoms with Crippen molar-refractivity contribution in [2.45, 2.75) is 38.9 Å². The lowest BCUT2D eigenvalue weighted by Crippen LogP contribution is -2.41. The second kappa shape index (κ2) is 9.12. The van der Waals surface area contributed by atoms with Crippen LogP contribution in [0.15, 0.2) is 101 Å². The van der Waals surface area contributed by atoms with E-state index in [1.165, 1.54) is 0 Å². The molecule has 6 nitrogen and oxygen atoms in total. The molecule has 196 valence electrons. The molecule has 0 N–H and O–H groups in total. The van der Waals surface area contributed by atoms with Gasteiger partial charge in [0, 0.05) is 27.5 Å².